The van der Waals surface area contributed by atoms with Crippen molar-refractivity contribution in [2.45, 2.75) is 44.9 Å². The minimum atomic E-state index is -3.02. The maximum atomic E-state index is 14.1. The Bertz CT molecular complexity index is 1490. The van der Waals surface area contributed by atoms with Crippen molar-refractivity contribution >= 4 is 40.7 Å². The number of phenols is 1. The lowest BCUT2D eigenvalue weighted by atomic mass is 9.56. The zero-order chi connectivity index (χ0) is 32.5. The van der Waals surface area contributed by atoms with Gasteiger partial charge in [0, 0.05) is 31.3 Å². The third-order valence-electron chi connectivity index (χ3n) is 8.13. The summed E-state index contributed by atoms with van der Waals surface area (Å²) in [6.07, 6.45) is -2.73. The normalized spacial score (nSPS) is 27.0. The number of fused-ring (bicyclic) bond motifs is 3. The molecule has 0 heterocycles. The largest absolute Gasteiger partial charge is 0.508 e. The molecular weight excluding hydrogens is 564 g/mol. The average molecular weight is 603 g/mol. The van der Waals surface area contributed by atoms with Gasteiger partial charge in [-0.25, -0.2) is 4.79 Å². The van der Waals surface area contributed by atoms with E-state index in [9.17, 15) is 44.7 Å². The highest BCUT2D eigenvalue weighted by Gasteiger charge is 2.67. The van der Waals surface area contributed by atoms with Crippen LogP contribution in [0.15, 0.2) is 23.0 Å². The Morgan fingerprint density at radius 2 is 1.74 bits per heavy atom. The summed E-state index contributed by atoms with van der Waals surface area (Å²) in [6, 6.07) is -0.00151. The van der Waals surface area contributed by atoms with E-state index in [2.05, 4.69) is 5.32 Å². The number of hydrogen-bond acceptors (Lipinski definition) is 12. The van der Waals surface area contributed by atoms with Crippen LogP contribution in [0, 0.1) is 17.3 Å². The number of nitrogens with one attached hydrogen (secondary N) is 1. The molecule has 43 heavy (non-hydrogen) atoms. The molecule has 8 N–H and O–H groups in total. The van der Waals surface area contributed by atoms with E-state index in [-0.39, 0.29) is 29.7 Å². The molecule has 1 fully saturated rings. The lowest BCUT2D eigenvalue weighted by Crippen LogP contribution is -2.70. The third kappa shape index (κ3) is 4.88. The van der Waals surface area contributed by atoms with E-state index in [1.165, 1.54) is 25.1 Å². The van der Waals surface area contributed by atoms with Crippen molar-refractivity contribution in [3.63, 3.8) is 0 Å². The number of benzene rings is 1. The number of carbonyl (C=O) groups is 4. The van der Waals surface area contributed by atoms with Gasteiger partial charge in [0.05, 0.1) is 35.9 Å². The Hall–Kier alpha value is -4.14. The van der Waals surface area contributed by atoms with Gasteiger partial charge in [0.25, 0.3) is 5.91 Å². The maximum absolute atomic E-state index is 14.1. The monoisotopic (exact) mass is 602 g/mol. The van der Waals surface area contributed by atoms with Gasteiger partial charge in [0.1, 0.15) is 17.1 Å². The number of rotatable bonds is 5. The number of Topliss-reactive ketones (excluding diaryl/α,β-unsaturated/α-hetero) is 2. The molecule has 5 atom stereocenters. The number of aliphatic hydroxyl groups is 4. The van der Waals surface area contributed by atoms with E-state index in [1.807, 2.05) is 20.8 Å². The van der Waals surface area contributed by atoms with Crippen molar-refractivity contribution in [3.05, 3.63) is 34.1 Å². The highest BCUT2D eigenvalue weighted by molar-refractivity contribution is 6.24. The number of hydrogen-bond donors (Lipinski definition) is 7. The molecule has 14 nitrogen and oxygen atoms in total. The predicted molar refractivity (Wildman–Crippen MR) is 154 cm³/mol. The van der Waals surface area contributed by atoms with E-state index in [4.69, 9.17) is 10.5 Å². The molecule has 0 unspecified atom stereocenters. The molecule has 4 rings (SSSR count). The molecule has 1 saturated carbocycles. The van der Waals surface area contributed by atoms with Gasteiger partial charge in [0.15, 0.2) is 17.1 Å². The molecular formula is C29H38N4O10. The number of carbonyl (C=O) groups excluding carboxylic acids is 4. The fourth-order valence-electron chi connectivity index (χ4n) is 6.23. The number of nitrogens with two attached hydrogens (primary N) is 1. The van der Waals surface area contributed by atoms with Crippen LogP contribution in [0.5, 0.6) is 5.75 Å². The van der Waals surface area contributed by atoms with Crippen molar-refractivity contribution in [2.24, 2.45) is 23.0 Å². The Morgan fingerprint density at radius 3 is 2.26 bits per heavy atom. The van der Waals surface area contributed by atoms with E-state index in [1.54, 1.807) is 19.0 Å². The molecule has 14 heteroatoms. The molecule has 1 aromatic carbocycles. The average Bonchev–Trinajstić information content (AvgIpc) is 2.88. The van der Waals surface area contributed by atoms with E-state index in [0.29, 0.717) is 11.3 Å². The second-order valence-corrected chi connectivity index (χ2v) is 12.8. The van der Waals surface area contributed by atoms with Crippen molar-refractivity contribution in [2.75, 3.05) is 45.0 Å². The van der Waals surface area contributed by atoms with Crippen LogP contribution in [0.25, 0.3) is 5.76 Å². The fourth-order valence-corrected chi connectivity index (χ4v) is 6.23. The zero-order valence-corrected chi connectivity index (χ0v) is 25.1. The molecule has 0 saturated heterocycles. The fraction of sp³-hybridized carbons (Fsp3) is 0.517. The van der Waals surface area contributed by atoms with Crippen LogP contribution in [0.2, 0.25) is 0 Å². The van der Waals surface area contributed by atoms with Crippen LogP contribution in [0.1, 0.15) is 31.9 Å². The first kappa shape index (κ1) is 31.8. The summed E-state index contributed by atoms with van der Waals surface area (Å²) in [6.45, 7) is 5.64. The Morgan fingerprint density at radius 1 is 1.14 bits per heavy atom. The van der Waals surface area contributed by atoms with Gasteiger partial charge in [-0.2, -0.15) is 0 Å². The van der Waals surface area contributed by atoms with Gasteiger partial charge in [-0.1, -0.05) is 20.8 Å². The van der Waals surface area contributed by atoms with Crippen LogP contribution < -0.4 is 16.0 Å². The lowest BCUT2D eigenvalue weighted by molar-refractivity contribution is -0.168. The number of ketones is 2. The third-order valence-corrected chi connectivity index (χ3v) is 8.13. The van der Waals surface area contributed by atoms with Gasteiger partial charge in [0.2, 0.25) is 5.78 Å². The minimum absolute atomic E-state index is 0.0644. The minimum Gasteiger partial charge on any atom is -0.508 e. The van der Waals surface area contributed by atoms with Crippen molar-refractivity contribution in [3.8, 4) is 5.75 Å². The predicted octanol–water partition coefficient (Wildman–Crippen LogP) is 0.595. The zero-order valence-electron chi connectivity index (χ0n) is 25.1. The second-order valence-electron chi connectivity index (χ2n) is 12.8. The molecule has 1 aromatic rings. The summed E-state index contributed by atoms with van der Waals surface area (Å²) in [5.74, 6) is -9.25. The molecule has 0 bridgehead atoms. The summed E-state index contributed by atoms with van der Waals surface area (Å²) < 4.78 is 5.23. The summed E-state index contributed by atoms with van der Waals surface area (Å²) in [4.78, 5) is 55.0. The first-order valence-electron chi connectivity index (χ1n) is 13.6. The number of likely N-dealkylation sites (N-methyl/N-ethyl adjacent to an activating group) is 1. The molecule has 3 aliphatic rings. The number of phenolic OH excluding ortho intramolecular Hbond substituents is 1. The Labute approximate surface area is 248 Å². The maximum Gasteiger partial charge on any atom is 0.411 e. The first-order valence-corrected chi connectivity index (χ1v) is 13.6. The highest BCUT2D eigenvalue weighted by Crippen LogP contribution is 2.54. The van der Waals surface area contributed by atoms with Crippen LogP contribution in [0.3, 0.4) is 0 Å². The topological polar surface area (TPSA) is 223 Å². The number of nitrogens with zero attached hydrogens (tertiary/aromatic N) is 2. The molecule has 3 aliphatic carbocycles. The van der Waals surface area contributed by atoms with Crippen LogP contribution in [-0.2, 0) is 25.5 Å². The van der Waals surface area contributed by atoms with Crippen LogP contribution in [-0.4, -0.2) is 107 Å². The molecule has 234 valence electrons. The number of aromatic hydroxyl groups is 1. The standard InChI is InChI=1S/C29H38N4O10/c1-28(2,3)10-43-27(41)31-13-9-14(32(4)5)11-8-12-16(22(36)15(11)21(13)35)24(38)29(42)18(20(12)34)19(33(6)7)23(37)17(25(29)39)26(30)40/h9,12,18-20,34-36,39,42H,8,10H2,1-7H3,(H2,30,40)(H,31,41)/t12-,18-,19+,20+,29+/m1/s1. The summed E-state index contributed by atoms with van der Waals surface area (Å²) in [7, 11) is 6.20. The smallest absolute Gasteiger partial charge is 0.411 e. The van der Waals surface area contributed by atoms with E-state index >= 15 is 0 Å². The van der Waals surface area contributed by atoms with Gasteiger partial charge < -0.3 is 40.9 Å². The molecule has 2 amide bonds. The molecule has 0 aliphatic heterocycles. The summed E-state index contributed by atoms with van der Waals surface area (Å²) >= 11 is 0. The van der Waals surface area contributed by atoms with Crippen molar-refractivity contribution in [1.82, 2.24) is 4.90 Å². The number of ether oxygens (including phenoxy) is 1. The van der Waals surface area contributed by atoms with Gasteiger partial charge in [-0.15, -0.1) is 0 Å². The lowest BCUT2D eigenvalue weighted by Gasteiger charge is -2.52. The Balaban J connectivity index is 1.94. The van der Waals surface area contributed by atoms with Crippen molar-refractivity contribution in [1.29, 1.82) is 0 Å². The van der Waals surface area contributed by atoms with Gasteiger partial charge in [-0.3, -0.25) is 24.6 Å². The quantitative estimate of drug-likeness (QED) is 0.182. The number of anilines is 2. The number of primary amides is 1. The highest BCUT2D eigenvalue weighted by atomic mass is 16.5. The number of aliphatic hydroxyl groups excluding tert-OH is 3. The molecule has 0 radical (unpaired) electrons. The van der Waals surface area contributed by atoms with E-state index < -0.39 is 81.6 Å². The number of amides is 2. The molecule has 0 spiro atoms. The van der Waals surface area contributed by atoms with Gasteiger partial charge in [-0.05, 0) is 37.6 Å². The van der Waals surface area contributed by atoms with Crippen LogP contribution >= 0.6 is 0 Å². The SMILES string of the molecule is CN(C)c1cc(NC(=O)OCC(C)(C)C)c(O)c2c1C[C@@H]1C(=C2O)C(=O)[C@]2(O)C(O)=C(C(N)=O)C(=O)[C@@H](N(C)C)[C@@H]2[C@H]1O. The van der Waals surface area contributed by atoms with E-state index in [0.717, 1.165) is 0 Å². The Kier molecular flexibility index (Phi) is 7.79. The first-order chi connectivity index (χ1) is 19.7. The van der Waals surface area contributed by atoms with Gasteiger partial charge >= 0.3 is 6.09 Å². The summed E-state index contributed by atoms with van der Waals surface area (Å²) in [5.41, 5.74) is 0.764. The van der Waals surface area contributed by atoms with Crippen molar-refractivity contribution < 1.29 is 49.4 Å². The summed E-state index contributed by atoms with van der Waals surface area (Å²) in [5, 5.41) is 59.7. The van der Waals surface area contributed by atoms with Crippen LogP contribution in [0.4, 0.5) is 16.2 Å². The second kappa shape index (κ2) is 10.5. The molecule has 0 aromatic heterocycles.